The normalized spacial score (nSPS) is 17.3. The zero-order valence-electron chi connectivity index (χ0n) is 15.3. The van der Waals surface area contributed by atoms with Gasteiger partial charge in [-0.3, -0.25) is 4.79 Å². The van der Waals surface area contributed by atoms with E-state index in [1.54, 1.807) is 6.20 Å². The second kappa shape index (κ2) is 7.89. The van der Waals surface area contributed by atoms with Gasteiger partial charge < -0.3 is 10.1 Å². The molecule has 0 atom stereocenters. The molecule has 1 N–H and O–H groups in total. The molecule has 2 fully saturated rings. The van der Waals surface area contributed by atoms with E-state index in [0.717, 1.165) is 67.6 Å². The summed E-state index contributed by atoms with van der Waals surface area (Å²) in [4.78, 5) is 16.2. The molecule has 2 heterocycles. The summed E-state index contributed by atoms with van der Waals surface area (Å²) in [5.41, 5.74) is 3.74. The number of ether oxygens (including phenoxy) is 1. The first-order valence-electron chi connectivity index (χ1n) is 9.61. The minimum atomic E-state index is 0.0455. The molecule has 0 unspecified atom stereocenters. The van der Waals surface area contributed by atoms with Crippen molar-refractivity contribution < 1.29 is 9.53 Å². The van der Waals surface area contributed by atoms with Gasteiger partial charge in [0.25, 0.3) is 0 Å². The molecule has 0 spiro atoms. The molecule has 1 amide bonds. The summed E-state index contributed by atoms with van der Waals surface area (Å²) in [6.45, 7) is 1.63. The summed E-state index contributed by atoms with van der Waals surface area (Å²) >= 11 is 0. The molecule has 1 aromatic heterocycles. The zero-order valence-corrected chi connectivity index (χ0v) is 15.3. The lowest BCUT2D eigenvalue weighted by atomic mass is 9.89. The van der Waals surface area contributed by atoms with Gasteiger partial charge in [0.2, 0.25) is 5.91 Å². The van der Waals surface area contributed by atoms with Crippen LogP contribution in [0.2, 0.25) is 0 Å². The molecule has 0 bridgehead atoms. The van der Waals surface area contributed by atoms with Gasteiger partial charge in [-0.1, -0.05) is 12.1 Å². The standard InChI is InChI=1S/C22H23N3O2/c23-14-20-12-18(4-3-17(20)11-15-6-9-27-10-7-15)19-5-8-24-21(13-19)25-22(26)16-1-2-16/h3-5,8,12-13,15-16H,1-2,6-7,9-11H2,(H,24,25,26). The number of nitrogens with zero attached hydrogens (tertiary/aromatic N) is 2. The SMILES string of the molecule is N#Cc1cc(-c2ccnc(NC(=O)C3CC3)c2)ccc1CC1CCOCC1. The first kappa shape index (κ1) is 17.7. The Labute approximate surface area is 159 Å². The van der Waals surface area contributed by atoms with Crippen LogP contribution in [0, 0.1) is 23.2 Å². The average Bonchev–Trinajstić information content (AvgIpc) is 3.55. The summed E-state index contributed by atoms with van der Waals surface area (Å²) in [6, 6.07) is 12.2. The van der Waals surface area contributed by atoms with E-state index in [1.165, 1.54) is 0 Å². The molecule has 1 saturated heterocycles. The van der Waals surface area contributed by atoms with Gasteiger partial charge >= 0.3 is 0 Å². The van der Waals surface area contributed by atoms with Crippen LogP contribution < -0.4 is 5.32 Å². The van der Waals surface area contributed by atoms with E-state index in [2.05, 4.69) is 28.5 Å². The average molecular weight is 361 g/mol. The molecule has 0 radical (unpaired) electrons. The van der Waals surface area contributed by atoms with Crippen LogP contribution in [0.5, 0.6) is 0 Å². The monoisotopic (exact) mass is 361 g/mol. The maximum atomic E-state index is 12.0. The molecule has 2 aromatic rings. The van der Waals surface area contributed by atoms with Gasteiger partial charge in [-0.15, -0.1) is 0 Å². The molecule has 1 saturated carbocycles. The number of rotatable bonds is 5. The minimum absolute atomic E-state index is 0.0455. The second-order valence-electron chi connectivity index (χ2n) is 7.44. The lowest BCUT2D eigenvalue weighted by Crippen LogP contribution is -2.18. The van der Waals surface area contributed by atoms with Crippen LogP contribution in [0.25, 0.3) is 11.1 Å². The molecule has 1 aliphatic heterocycles. The number of aromatic nitrogens is 1. The molecule has 1 aliphatic carbocycles. The molecule has 1 aromatic carbocycles. The number of pyridine rings is 1. The summed E-state index contributed by atoms with van der Waals surface area (Å²) in [5, 5.41) is 12.5. The maximum Gasteiger partial charge on any atom is 0.228 e. The van der Waals surface area contributed by atoms with Gasteiger partial charge in [-0.2, -0.15) is 5.26 Å². The fourth-order valence-corrected chi connectivity index (χ4v) is 3.55. The third kappa shape index (κ3) is 4.35. The first-order valence-corrected chi connectivity index (χ1v) is 9.61. The number of amides is 1. The summed E-state index contributed by atoms with van der Waals surface area (Å²) < 4.78 is 5.43. The van der Waals surface area contributed by atoms with Gasteiger partial charge in [0.05, 0.1) is 11.6 Å². The molecule has 5 heteroatoms. The molecular formula is C22H23N3O2. The van der Waals surface area contributed by atoms with Crippen LogP contribution in [0.3, 0.4) is 0 Å². The van der Waals surface area contributed by atoms with Crippen LogP contribution in [-0.2, 0) is 16.0 Å². The van der Waals surface area contributed by atoms with Crippen LogP contribution in [0.1, 0.15) is 36.8 Å². The Morgan fingerprint density at radius 3 is 2.67 bits per heavy atom. The number of nitriles is 1. The lowest BCUT2D eigenvalue weighted by Gasteiger charge is -2.22. The van der Waals surface area contributed by atoms with Gasteiger partial charge in [0.15, 0.2) is 0 Å². The smallest absolute Gasteiger partial charge is 0.228 e. The van der Waals surface area contributed by atoms with Gasteiger partial charge in [0, 0.05) is 25.3 Å². The molecule has 138 valence electrons. The van der Waals surface area contributed by atoms with Crippen molar-refractivity contribution in [1.82, 2.24) is 4.98 Å². The summed E-state index contributed by atoms with van der Waals surface area (Å²) in [7, 11) is 0. The maximum absolute atomic E-state index is 12.0. The largest absolute Gasteiger partial charge is 0.381 e. The summed E-state index contributed by atoms with van der Waals surface area (Å²) in [5.74, 6) is 1.34. The zero-order chi connectivity index (χ0) is 18.6. The van der Waals surface area contributed by atoms with Crippen LogP contribution >= 0.6 is 0 Å². The van der Waals surface area contributed by atoms with Crippen molar-refractivity contribution in [1.29, 1.82) is 5.26 Å². The molecular weight excluding hydrogens is 338 g/mol. The second-order valence-corrected chi connectivity index (χ2v) is 7.44. The minimum Gasteiger partial charge on any atom is -0.381 e. The van der Waals surface area contributed by atoms with Crippen molar-refractivity contribution in [3.63, 3.8) is 0 Å². The van der Waals surface area contributed by atoms with Crippen LogP contribution in [0.4, 0.5) is 5.82 Å². The lowest BCUT2D eigenvalue weighted by molar-refractivity contribution is -0.117. The topological polar surface area (TPSA) is 75.0 Å². The molecule has 5 nitrogen and oxygen atoms in total. The highest BCUT2D eigenvalue weighted by Gasteiger charge is 2.29. The van der Waals surface area contributed by atoms with E-state index in [4.69, 9.17) is 4.74 Å². The predicted molar refractivity (Wildman–Crippen MR) is 103 cm³/mol. The Kier molecular flexibility index (Phi) is 5.17. The van der Waals surface area contributed by atoms with E-state index in [9.17, 15) is 10.1 Å². The molecule has 4 rings (SSSR count). The number of carbonyl (C=O) groups excluding carboxylic acids is 1. The Bertz CT molecular complexity index is 877. The van der Waals surface area contributed by atoms with Crippen molar-refractivity contribution >= 4 is 11.7 Å². The molecule has 27 heavy (non-hydrogen) atoms. The van der Waals surface area contributed by atoms with Crippen LogP contribution in [-0.4, -0.2) is 24.1 Å². The number of anilines is 1. The Morgan fingerprint density at radius 2 is 1.93 bits per heavy atom. The third-order valence-corrected chi connectivity index (χ3v) is 5.37. The number of hydrogen-bond donors (Lipinski definition) is 1. The van der Waals surface area contributed by atoms with Crippen molar-refractivity contribution in [3.05, 3.63) is 47.7 Å². The van der Waals surface area contributed by atoms with E-state index in [1.807, 2.05) is 18.2 Å². The number of nitrogens with one attached hydrogen (secondary N) is 1. The van der Waals surface area contributed by atoms with E-state index in [-0.39, 0.29) is 11.8 Å². The Morgan fingerprint density at radius 1 is 1.15 bits per heavy atom. The Hall–Kier alpha value is -2.71. The van der Waals surface area contributed by atoms with Crippen molar-refractivity contribution in [2.24, 2.45) is 11.8 Å². The van der Waals surface area contributed by atoms with Crippen molar-refractivity contribution in [2.75, 3.05) is 18.5 Å². The summed E-state index contributed by atoms with van der Waals surface area (Å²) in [6.07, 6.45) is 6.66. The van der Waals surface area contributed by atoms with Crippen molar-refractivity contribution in [3.8, 4) is 17.2 Å². The fraction of sp³-hybridized carbons (Fsp3) is 0.409. The number of carbonyl (C=O) groups is 1. The van der Waals surface area contributed by atoms with E-state index < -0.39 is 0 Å². The van der Waals surface area contributed by atoms with Crippen LogP contribution in [0.15, 0.2) is 36.5 Å². The van der Waals surface area contributed by atoms with Crippen molar-refractivity contribution in [2.45, 2.75) is 32.1 Å². The quantitative estimate of drug-likeness (QED) is 0.875. The highest BCUT2D eigenvalue weighted by atomic mass is 16.5. The highest BCUT2D eigenvalue weighted by molar-refractivity contribution is 5.93. The van der Waals surface area contributed by atoms with E-state index in [0.29, 0.717) is 11.7 Å². The van der Waals surface area contributed by atoms with E-state index >= 15 is 0 Å². The first-order chi connectivity index (χ1) is 13.2. The predicted octanol–water partition coefficient (Wildman–Crippen LogP) is 3.94. The van der Waals surface area contributed by atoms with Gasteiger partial charge in [-0.25, -0.2) is 4.98 Å². The molecule has 2 aliphatic rings. The number of hydrogen-bond acceptors (Lipinski definition) is 4. The Balaban J connectivity index is 1.53. The van der Waals surface area contributed by atoms with Gasteiger partial charge in [0.1, 0.15) is 5.82 Å². The number of benzene rings is 1. The van der Waals surface area contributed by atoms with Gasteiger partial charge in [-0.05, 0) is 72.9 Å². The highest BCUT2D eigenvalue weighted by Crippen LogP contribution is 2.31. The third-order valence-electron chi connectivity index (χ3n) is 5.37. The fourth-order valence-electron chi connectivity index (χ4n) is 3.55.